The van der Waals surface area contributed by atoms with Gasteiger partial charge in [0.05, 0.1) is 12.5 Å². The monoisotopic (exact) mass is 420 g/mol. The lowest BCUT2D eigenvalue weighted by molar-refractivity contribution is -0.177. The molecule has 0 aromatic carbocycles. The predicted molar refractivity (Wildman–Crippen MR) is 116 cm³/mol. The first-order valence-corrected chi connectivity index (χ1v) is 11.6. The zero-order valence-electron chi connectivity index (χ0n) is 19.6. The molecule has 5 nitrogen and oxygen atoms in total. The number of carbonyl (C=O) groups is 2. The van der Waals surface area contributed by atoms with E-state index in [2.05, 4.69) is 33.8 Å². The van der Waals surface area contributed by atoms with E-state index >= 15 is 0 Å². The summed E-state index contributed by atoms with van der Waals surface area (Å²) in [6, 6.07) is 0. The van der Waals surface area contributed by atoms with Crippen LogP contribution in [0.1, 0.15) is 80.1 Å². The predicted octanol–water partition coefficient (Wildman–Crippen LogP) is 4.67. The van der Waals surface area contributed by atoms with Crippen LogP contribution in [0.15, 0.2) is 11.6 Å². The Bertz CT molecular complexity index is 710. The maximum absolute atomic E-state index is 13.3. The number of carbonyl (C=O) groups excluding carboxylic acids is 2. The molecule has 0 saturated heterocycles. The Labute approximate surface area is 181 Å². The minimum Gasteiger partial charge on any atom is -0.461 e. The van der Waals surface area contributed by atoms with Crippen molar-refractivity contribution in [3.63, 3.8) is 0 Å². The van der Waals surface area contributed by atoms with Crippen LogP contribution >= 0.6 is 0 Å². The van der Waals surface area contributed by atoms with Crippen LogP contribution in [0, 0.1) is 34.0 Å². The van der Waals surface area contributed by atoms with Gasteiger partial charge in [-0.15, -0.1) is 0 Å². The second kappa shape index (κ2) is 8.29. The van der Waals surface area contributed by atoms with E-state index in [9.17, 15) is 14.7 Å². The summed E-state index contributed by atoms with van der Waals surface area (Å²) in [7, 11) is 0. The normalized spacial score (nSPS) is 38.5. The van der Waals surface area contributed by atoms with E-state index in [0.717, 1.165) is 24.8 Å². The lowest BCUT2D eigenvalue weighted by Crippen LogP contribution is -2.58. The van der Waals surface area contributed by atoms with Gasteiger partial charge in [0.1, 0.15) is 6.61 Å². The van der Waals surface area contributed by atoms with Gasteiger partial charge in [0.15, 0.2) is 6.10 Å². The molecule has 1 N–H and O–H groups in total. The van der Waals surface area contributed by atoms with Crippen LogP contribution in [-0.4, -0.2) is 36.4 Å². The Balaban J connectivity index is 1.83. The van der Waals surface area contributed by atoms with Crippen LogP contribution in [0.5, 0.6) is 0 Å². The van der Waals surface area contributed by atoms with E-state index < -0.39 is 12.1 Å². The van der Waals surface area contributed by atoms with E-state index in [-0.39, 0.29) is 35.9 Å². The van der Waals surface area contributed by atoms with Gasteiger partial charge in [0, 0.05) is 6.92 Å². The van der Waals surface area contributed by atoms with Gasteiger partial charge in [0.2, 0.25) is 0 Å². The minimum atomic E-state index is -0.810. The van der Waals surface area contributed by atoms with Crippen molar-refractivity contribution in [2.24, 2.45) is 34.0 Å². The summed E-state index contributed by atoms with van der Waals surface area (Å²) in [4.78, 5) is 24.5. The molecule has 170 valence electrons. The highest BCUT2D eigenvalue weighted by Crippen LogP contribution is 2.68. The quantitative estimate of drug-likeness (QED) is 0.517. The summed E-state index contributed by atoms with van der Waals surface area (Å²) < 4.78 is 10.6. The molecule has 5 heteroatoms. The highest BCUT2D eigenvalue weighted by atomic mass is 16.6. The molecule has 30 heavy (non-hydrogen) atoms. The Morgan fingerprint density at radius 1 is 1.13 bits per heavy atom. The number of ether oxygens (including phenoxy) is 2. The third-order valence-electron chi connectivity index (χ3n) is 8.81. The summed E-state index contributed by atoms with van der Waals surface area (Å²) in [5, 5.41) is 9.42. The average molecular weight is 421 g/mol. The van der Waals surface area contributed by atoms with Crippen molar-refractivity contribution in [1.82, 2.24) is 0 Å². The number of hydrogen-bond donors (Lipinski definition) is 1. The minimum absolute atomic E-state index is 0.105. The molecule has 2 saturated carbocycles. The molecular weight excluding hydrogens is 380 g/mol. The number of hydrogen-bond acceptors (Lipinski definition) is 5. The number of fused-ring (bicyclic) bond motifs is 3. The Morgan fingerprint density at radius 3 is 2.47 bits per heavy atom. The average Bonchev–Trinajstić information content (AvgIpc) is 2.63. The molecule has 0 heterocycles. The first-order chi connectivity index (χ1) is 14.0. The number of aliphatic hydroxyl groups excluding tert-OH is 1. The number of rotatable bonds is 5. The molecule has 0 radical (unpaired) electrons. The fourth-order valence-electron chi connectivity index (χ4n) is 7.58. The standard InChI is InChI=1S/C25H40O5/c1-16-8-9-20-24(5)12-7-11-23(3,4)19(24)10-13-25(20,6)21(16)22(28)29-15-18(14-26)30-17(2)27/h8,18-21,26H,7,9-15H2,1-6H3/t18?,19-,20+,21-,24-,25+/m0/s1. The van der Waals surface area contributed by atoms with Crippen LogP contribution in [0.3, 0.4) is 0 Å². The van der Waals surface area contributed by atoms with Crippen LogP contribution in [0.2, 0.25) is 0 Å². The van der Waals surface area contributed by atoms with Gasteiger partial charge >= 0.3 is 11.9 Å². The smallest absolute Gasteiger partial charge is 0.313 e. The van der Waals surface area contributed by atoms with E-state index in [0.29, 0.717) is 17.3 Å². The number of allylic oxidation sites excluding steroid dienone is 1. The molecule has 2 fully saturated rings. The zero-order valence-corrected chi connectivity index (χ0v) is 19.6. The lowest BCUT2D eigenvalue weighted by Gasteiger charge is -2.64. The van der Waals surface area contributed by atoms with Crippen molar-refractivity contribution < 1.29 is 24.2 Å². The Hall–Kier alpha value is -1.36. The van der Waals surface area contributed by atoms with Gasteiger partial charge in [-0.05, 0) is 67.1 Å². The van der Waals surface area contributed by atoms with E-state index in [1.165, 1.54) is 26.2 Å². The summed E-state index contributed by atoms with van der Waals surface area (Å²) in [5.41, 5.74) is 1.53. The number of aliphatic hydroxyl groups is 1. The van der Waals surface area contributed by atoms with Crippen LogP contribution in [0.4, 0.5) is 0 Å². The SMILES string of the molecule is CC(=O)OC(CO)COC(=O)[C@@H]1C(C)=CC[C@H]2[C@@]1(C)CC[C@H]1C(C)(C)CCC[C@]21C. The topological polar surface area (TPSA) is 72.8 Å². The molecule has 0 bridgehead atoms. The molecule has 3 aliphatic carbocycles. The maximum Gasteiger partial charge on any atom is 0.313 e. The Morgan fingerprint density at radius 2 is 1.83 bits per heavy atom. The second-order valence-electron chi connectivity index (χ2n) is 11.2. The molecule has 3 rings (SSSR count). The van der Waals surface area contributed by atoms with Crippen molar-refractivity contribution in [3.8, 4) is 0 Å². The highest BCUT2D eigenvalue weighted by molar-refractivity contribution is 5.77. The summed E-state index contributed by atoms with van der Waals surface area (Å²) >= 11 is 0. The largest absolute Gasteiger partial charge is 0.461 e. The first kappa shape index (κ1) is 23.3. The number of esters is 2. The first-order valence-electron chi connectivity index (χ1n) is 11.6. The van der Waals surface area contributed by atoms with E-state index in [4.69, 9.17) is 9.47 Å². The second-order valence-corrected chi connectivity index (χ2v) is 11.2. The van der Waals surface area contributed by atoms with Crippen LogP contribution < -0.4 is 0 Å². The fraction of sp³-hybridized carbons (Fsp3) is 0.840. The molecule has 0 amide bonds. The molecule has 0 spiro atoms. The van der Waals surface area contributed by atoms with Gasteiger partial charge in [-0.25, -0.2) is 0 Å². The van der Waals surface area contributed by atoms with Crippen molar-refractivity contribution in [2.75, 3.05) is 13.2 Å². The lowest BCUT2D eigenvalue weighted by atomic mass is 9.40. The molecule has 0 aromatic rings. The van der Waals surface area contributed by atoms with E-state index in [1.54, 1.807) is 0 Å². The molecule has 0 aliphatic heterocycles. The third-order valence-corrected chi connectivity index (χ3v) is 8.81. The van der Waals surface area contributed by atoms with Crippen molar-refractivity contribution in [3.05, 3.63) is 11.6 Å². The van der Waals surface area contributed by atoms with Gasteiger partial charge in [-0.1, -0.05) is 45.8 Å². The maximum atomic E-state index is 13.3. The molecule has 1 unspecified atom stereocenters. The van der Waals surface area contributed by atoms with Gasteiger partial charge < -0.3 is 14.6 Å². The van der Waals surface area contributed by atoms with E-state index in [1.807, 2.05) is 6.92 Å². The Kier molecular flexibility index (Phi) is 6.44. The van der Waals surface area contributed by atoms with Crippen molar-refractivity contribution in [1.29, 1.82) is 0 Å². The van der Waals surface area contributed by atoms with Crippen molar-refractivity contribution in [2.45, 2.75) is 86.2 Å². The fourth-order valence-corrected chi connectivity index (χ4v) is 7.58. The highest BCUT2D eigenvalue weighted by Gasteiger charge is 2.62. The summed E-state index contributed by atoms with van der Waals surface area (Å²) in [6.45, 7) is 12.5. The molecular formula is C25H40O5. The van der Waals surface area contributed by atoms with Crippen LogP contribution in [0.25, 0.3) is 0 Å². The molecule has 6 atom stereocenters. The zero-order chi connectivity index (χ0) is 22.3. The van der Waals surface area contributed by atoms with Crippen LogP contribution in [-0.2, 0) is 19.1 Å². The van der Waals surface area contributed by atoms with Gasteiger partial charge in [-0.2, -0.15) is 0 Å². The molecule has 3 aliphatic rings. The summed E-state index contributed by atoms with van der Waals surface area (Å²) in [6.07, 6.45) is 8.43. The summed E-state index contributed by atoms with van der Waals surface area (Å²) in [5.74, 6) is 0.112. The molecule has 0 aromatic heterocycles. The van der Waals surface area contributed by atoms with Gasteiger partial charge in [0.25, 0.3) is 0 Å². The van der Waals surface area contributed by atoms with Gasteiger partial charge in [-0.3, -0.25) is 9.59 Å². The third kappa shape index (κ3) is 3.94. The van der Waals surface area contributed by atoms with Crippen molar-refractivity contribution >= 4 is 11.9 Å².